The third-order valence-electron chi connectivity index (χ3n) is 5.43. The van der Waals surface area contributed by atoms with E-state index in [1.165, 1.54) is 49.7 Å². The SMILES string of the molecule is C=C1CC2(CCCCC2)CC/C(C#C[Si](C)(C)C)=C\C=C1C#C[Si](C)(C)C. The van der Waals surface area contributed by atoms with Crippen LogP contribution < -0.4 is 0 Å². The summed E-state index contributed by atoms with van der Waals surface area (Å²) in [6, 6.07) is 0. The highest BCUT2D eigenvalue weighted by atomic mass is 28.3. The number of allylic oxidation sites excluding steroid dienone is 5. The first-order chi connectivity index (χ1) is 12.5. The smallest absolute Gasteiger partial charge is 0.127 e. The summed E-state index contributed by atoms with van der Waals surface area (Å²) >= 11 is 0. The van der Waals surface area contributed by atoms with E-state index in [0.29, 0.717) is 5.41 Å². The number of rotatable bonds is 0. The zero-order valence-corrected chi connectivity index (χ0v) is 20.5. The van der Waals surface area contributed by atoms with Crippen molar-refractivity contribution in [3.8, 4) is 22.9 Å². The van der Waals surface area contributed by atoms with Gasteiger partial charge in [-0.3, -0.25) is 0 Å². The van der Waals surface area contributed by atoms with E-state index in [9.17, 15) is 0 Å². The second kappa shape index (κ2) is 8.85. The molecule has 0 heterocycles. The zero-order chi connectivity index (χ0) is 20.1. The molecule has 0 radical (unpaired) electrons. The number of hydrogen-bond donors (Lipinski definition) is 0. The third kappa shape index (κ3) is 7.73. The Morgan fingerprint density at radius 1 is 0.815 bits per heavy atom. The lowest BCUT2D eigenvalue weighted by Gasteiger charge is -2.38. The highest BCUT2D eigenvalue weighted by Gasteiger charge is 2.33. The van der Waals surface area contributed by atoms with Gasteiger partial charge in [0.15, 0.2) is 0 Å². The molecule has 0 amide bonds. The molecular formula is C25H38Si2. The Hall–Kier alpha value is -1.23. The molecule has 27 heavy (non-hydrogen) atoms. The first kappa shape index (κ1) is 22.1. The van der Waals surface area contributed by atoms with Gasteiger partial charge in [-0.15, -0.1) is 11.1 Å². The average molecular weight is 395 g/mol. The summed E-state index contributed by atoms with van der Waals surface area (Å²) in [5, 5.41) is 0. The van der Waals surface area contributed by atoms with Crippen LogP contribution in [-0.4, -0.2) is 16.1 Å². The third-order valence-corrected chi connectivity index (χ3v) is 7.18. The molecule has 2 heteroatoms. The molecule has 0 aromatic rings. The van der Waals surface area contributed by atoms with Gasteiger partial charge in [0.2, 0.25) is 0 Å². The molecule has 0 aromatic carbocycles. The molecule has 1 spiro atoms. The summed E-state index contributed by atoms with van der Waals surface area (Å²) in [5.41, 5.74) is 11.2. The Kier molecular flexibility index (Phi) is 7.23. The van der Waals surface area contributed by atoms with Gasteiger partial charge in [-0.05, 0) is 55.2 Å². The molecule has 2 aliphatic rings. The molecule has 0 bridgehead atoms. The minimum atomic E-state index is -1.40. The van der Waals surface area contributed by atoms with Gasteiger partial charge in [0.05, 0.1) is 0 Å². The normalized spacial score (nSPS) is 22.7. The van der Waals surface area contributed by atoms with Gasteiger partial charge >= 0.3 is 0 Å². The second-order valence-corrected chi connectivity index (χ2v) is 20.1. The lowest BCUT2D eigenvalue weighted by molar-refractivity contribution is 0.173. The summed E-state index contributed by atoms with van der Waals surface area (Å²) in [7, 11) is -2.77. The lowest BCUT2D eigenvalue weighted by atomic mass is 9.67. The molecule has 2 rings (SSSR count). The van der Waals surface area contributed by atoms with E-state index in [0.717, 1.165) is 18.4 Å². The molecule has 146 valence electrons. The topological polar surface area (TPSA) is 0 Å². The Morgan fingerprint density at radius 2 is 1.41 bits per heavy atom. The van der Waals surface area contributed by atoms with E-state index in [4.69, 9.17) is 0 Å². The van der Waals surface area contributed by atoms with Crippen LogP contribution in [0.15, 0.2) is 35.5 Å². The van der Waals surface area contributed by atoms with Crippen molar-refractivity contribution >= 4 is 16.1 Å². The van der Waals surface area contributed by atoms with Crippen LogP contribution in [0, 0.1) is 28.3 Å². The van der Waals surface area contributed by atoms with Crippen molar-refractivity contribution in [1.82, 2.24) is 0 Å². The lowest BCUT2D eigenvalue weighted by Crippen LogP contribution is -2.25. The van der Waals surface area contributed by atoms with Crippen LogP contribution in [0.3, 0.4) is 0 Å². The average Bonchev–Trinajstić information content (AvgIpc) is 2.60. The van der Waals surface area contributed by atoms with Crippen LogP contribution >= 0.6 is 0 Å². The van der Waals surface area contributed by atoms with Crippen molar-refractivity contribution in [3.05, 3.63) is 35.5 Å². The Labute approximate surface area is 170 Å². The molecule has 1 saturated carbocycles. The van der Waals surface area contributed by atoms with Crippen molar-refractivity contribution in [3.63, 3.8) is 0 Å². The van der Waals surface area contributed by atoms with E-state index in [2.05, 4.69) is 80.9 Å². The molecule has 2 aliphatic carbocycles. The molecule has 0 saturated heterocycles. The summed E-state index contributed by atoms with van der Waals surface area (Å²) < 4.78 is 0. The molecule has 0 unspecified atom stereocenters. The fraction of sp³-hybridized carbons (Fsp3) is 0.600. The first-order valence-electron chi connectivity index (χ1n) is 10.6. The second-order valence-electron chi connectivity index (χ2n) is 10.6. The van der Waals surface area contributed by atoms with Gasteiger partial charge in [0.1, 0.15) is 16.1 Å². The van der Waals surface area contributed by atoms with E-state index in [1.54, 1.807) is 0 Å². The van der Waals surface area contributed by atoms with Crippen molar-refractivity contribution in [2.24, 2.45) is 5.41 Å². The van der Waals surface area contributed by atoms with Crippen molar-refractivity contribution in [2.45, 2.75) is 90.6 Å². The largest absolute Gasteiger partial charge is 0.129 e. The van der Waals surface area contributed by atoms with E-state index < -0.39 is 16.1 Å². The van der Waals surface area contributed by atoms with Crippen molar-refractivity contribution in [1.29, 1.82) is 0 Å². The predicted molar refractivity (Wildman–Crippen MR) is 127 cm³/mol. The molecular weight excluding hydrogens is 356 g/mol. The summed E-state index contributed by atoms with van der Waals surface area (Å²) in [6.07, 6.45) is 14.7. The zero-order valence-electron chi connectivity index (χ0n) is 18.5. The summed E-state index contributed by atoms with van der Waals surface area (Å²) in [5.74, 6) is 7.06. The molecule has 0 atom stereocenters. The monoisotopic (exact) mass is 394 g/mol. The van der Waals surface area contributed by atoms with Gasteiger partial charge in [-0.1, -0.05) is 77.0 Å². The molecule has 0 aliphatic heterocycles. The quantitative estimate of drug-likeness (QED) is 0.299. The minimum absolute atomic E-state index is 0.416. The molecule has 1 fully saturated rings. The molecule has 0 nitrogen and oxygen atoms in total. The fourth-order valence-corrected chi connectivity index (χ4v) is 4.95. The Bertz CT molecular complexity index is 737. The van der Waals surface area contributed by atoms with E-state index in [-0.39, 0.29) is 0 Å². The maximum Gasteiger partial charge on any atom is 0.129 e. The summed E-state index contributed by atoms with van der Waals surface area (Å²) in [4.78, 5) is 0. The molecule has 0 aromatic heterocycles. The Morgan fingerprint density at radius 3 is 2.00 bits per heavy atom. The van der Waals surface area contributed by atoms with Gasteiger partial charge in [0, 0.05) is 11.1 Å². The Balaban J connectivity index is 2.42. The van der Waals surface area contributed by atoms with Gasteiger partial charge < -0.3 is 0 Å². The van der Waals surface area contributed by atoms with Gasteiger partial charge in [-0.2, -0.15) is 0 Å². The highest BCUT2D eigenvalue weighted by molar-refractivity contribution is 6.84. The first-order valence-corrected chi connectivity index (χ1v) is 17.6. The standard InChI is InChI=1S/C25H38Si2/c1-22-21-25(16-9-8-10-17-25)18-13-23(14-19-26(2,3)4)11-12-24(22)15-20-27(5,6)7/h11-12H,1,8-10,13,16-18,21H2,2-7H3/b23-11+,24-12?. The predicted octanol–water partition coefficient (Wildman–Crippen LogP) is 7.29. The van der Waals surface area contributed by atoms with Crippen LogP contribution in [-0.2, 0) is 0 Å². The van der Waals surface area contributed by atoms with E-state index in [1.807, 2.05) is 0 Å². The van der Waals surface area contributed by atoms with Crippen LogP contribution in [0.1, 0.15) is 51.4 Å². The van der Waals surface area contributed by atoms with Crippen LogP contribution in [0.4, 0.5) is 0 Å². The van der Waals surface area contributed by atoms with Crippen molar-refractivity contribution < 1.29 is 0 Å². The van der Waals surface area contributed by atoms with Crippen LogP contribution in [0.5, 0.6) is 0 Å². The number of hydrogen-bond acceptors (Lipinski definition) is 0. The van der Waals surface area contributed by atoms with Gasteiger partial charge in [0.25, 0.3) is 0 Å². The maximum atomic E-state index is 4.49. The fourth-order valence-electron chi connectivity index (χ4n) is 3.91. The van der Waals surface area contributed by atoms with Gasteiger partial charge in [-0.25, -0.2) is 0 Å². The minimum Gasteiger partial charge on any atom is -0.127 e. The van der Waals surface area contributed by atoms with Crippen LogP contribution in [0.2, 0.25) is 39.3 Å². The summed E-state index contributed by atoms with van der Waals surface area (Å²) in [6.45, 7) is 18.4. The maximum absolute atomic E-state index is 4.49. The molecule has 0 N–H and O–H groups in total. The van der Waals surface area contributed by atoms with Crippen molar-refractivity contribution in [2.75, 3.05) is 0 Å². The van der Waals surface area contributed by atoms with E-state index >= 15 is 0 Å². The van der Waals surface area contributed by atoms with Crippen LogP contribution in [0.25, 0.3) is 0 Å². The highest BCUT2D eigenvalue weighted by Crippen LogP contribution is 2.46.